The van der Waals surface area contributed by atoms with Gasteiger partial charge >= 0.3 is 5.97 Å². The largest absolute Gasteiger partial charge is 0.497 e. The van der Waals surface area contributed by atoms with Gasteiger partial charge in [-0.1, -0.05) is 50.0 Å². The molecule has 6 nitrogen and oxygen atoms in total. The van der Waals surface area contributed by atoms with Gasteiger partial charge in [-0.2, -0.15) is 0 Å². The molecule has 0 unspecified atom stereocenters. The van der Waals surface area contributed by atoms with Crippen molar-refractivity contribution in [2.45, 2.75) is 52.9 Å². The molecule has 1 aromatic carbocycles. The van der Waals surface area contributed by atoms with Crippen molar-refractivity contribution in [3.63, 3.8) is 0 Å². The zero-order valence-corrected chi connectivity index (χ0v) is 20.3. The molecule has 3 atom stereocenters. The monoisotopic (exact) mass is 453 g/mol. The Hall–Kier alpha value is -1.64. The third-order valence-electron chi connectivity index (χ3n) is 4.95. The molecule has 0 aliphatic carbocycles. The Bertz CT molecular complexity index is 790. The van der Waals surface area contributed by atoms with E-state index in [1.807, 2.05) is 19.9 Å². The van der Waals surface area contributed by atoms with Crippen LogP contribution in [0.2, 0.25) is 0 Å². The minimum Gasteiger partial charge on any atom is -0.497 e. The number of thioether (sulfide) groups is 1. The van der Waals surface area contributed by atoms with E-state index < -0.39 is 23.6 Å². The third kappa shape index (κ3) is 5.53. The predicted octanol–water partition coefficient (Wildman–Crippen LogP) is 4.23. The summed E-state index contributed by atoms with van der Waals surface area (Å²) in [4.78, 5) is 28.0. The second-order valence-corrected chi connectivity index (χ2v) is 10.3. The Morgan fingerprint density at radius 3 is 2.43 bits per heavy atom. The fourth-order valence-corrected chi connectivity index (χ4v) is 4.75. The summed E-state index contributed by atoms with van der Waals surface area (Å²) in [6, 6.07) is 7.14. The van der Waals surface area contributed by atoms with Crippen LogP contribution in [-0.4, -0.2) is 53.2 Å². The van der Waals surface area contributed by atoms with Crippen molar-refractivity contribution < 1.29 is 23.8 Å². The Balaban J connectivity index is 2.48. The van der Waals surface area contributed by atoms with Crippen molar-refractivity contribution in [1.82, 2.24) is 4.90 Å². The normalized spacial score (nSPS) is 19.0. The number of carbonyl (C=O) groups is 2. The average Bonchev–Trinajstić information content (AvgIpc) is 3.08. The summed E-state index contributed by atoms with van der Waals surface area (Å²) >= 11 is 6.93. The molecule has 1 aromatic rings. The molecular weight excluding hydrogens is 422 g/mol. The van der Waals surface area contributed by atoms with Gasteiger partial charge in [0.05, 0.1) is 18.6 Å². The number of rotatable bonds is 7. The molecular formula is C22H31NO5S2. The zero-order chi connectivity index (χ0) is 22.6. The lowest BCUT2D eigenvalue weighted by Gasteiger charge is -2.34. The highest BCUT2D eigenvalue weighted by molar-refractivity contribution is 8.23. The molecule has 1 aliphatic heterocycles. The molecule has 0 radical (unpaired) electrons. The van der Waals surface area contributed by atoms with Crippen molar-refractivity contribution in [2.24, 2.45) is 11.3 Å². The van der Waals surface area contributed by atoms with Crippen molar-refractivity contribution in [2.75, 3.05) is 20.0 Å². The van der Waals surface area contributed by atoms with E-state index in [0.717, 1.165) is 5.75 Å². The minimum absolute atomic E-state index is 0.0614. The molecule has 0 aromatic heterocycles. The van der Waals surface area contributed by atoms with Gasteiger partial charge in [-0.25, -0.2) is 0 Å². The topological polar surface area (TPSA) is 65.1 Å². The summed E-state index contributed by atoms with van der Waals surface area (Å²) in [5, 5.41) is 0. The van der Waals surface area contributed by atoms with E-state index >= 15 is 0 Å². The summed E-state index contributed by atoms with van der Waals surface area (Å²) in [5.74, 6) is 0.702. The first-order chi connectivity index (χ1) is 14.0. The Labute approximate surface area is 188 Å². The predicted molar refractivity (Wildman–Crippen MR) is 123 cm³/mol. The van der Waals surface area contributed by atoms with E-state index in [2.05, 4.69) is 0 Å². The molecule has 1 amide bonds. The van der Waals surface area contributed by atoms with Gasteiger partial charge in [-0.05, 0) is 44.4 Å². The molecule has 1 heterocycles. The van der Waals surface area contributed by atoms with Crippen molar-refractivity contribution in [3.8, 4) is 5.75 Å². The van der Waals surface area contributed by atoms with Gasteiger partial charge in [0.1, 0.15) is 16.2 Å². The van der Waals surface area contributed by atoms with Crippen LogP contribution in [0.15, 0.2) is 24.3 Å². The fourth-order valence-electron chi connectivity index (χ4n) is 3.10. The van der Waals surface area contributed by atoms with Crippen LogP contribution in [0.5, 0.6) is 5.75 Å². The first kappa shape index (κ1) is 24.6. The lowest BCUT2D eigenvalue weighted by atomic mass is 9.96. The van der Waals surface area contributed by atoms with E-state index in [9.17, 15) is 9.59 Å². The van der Waals surface area contributed by atoms with Crippen molar-refractivity contribution in [1.29, 1.82) is 0 Å². The quantitative estimate of drug-likeness (QED) is 0.452. The van der Waals surface area contributed by atoms with E-state index in [-0.39, 0.29) is 17.9 Å². The number of hydrogen-bond donors (Lipinski definition) is 0. The number of thiocarbonyl (C=S) groups is 1. The molecule has 8 heteroatoms. The van der Waals surface area contributed by atoms with Gasteiger partial charge in [-0.15, -0.1) is 0 Å². The van der Waals surface area contributed by atoms with Crippen LogP contribution in [0.25, 0.3) is 0 Å². The number of hydrogen-bond acceptors (Lipinski definition) is 7. The maximum absolute atomic E-state index is 13.7. The molecule has 1 saturated heterocycles. The van der Waals surface area contributed by atoms with Gasteiger partial charge in [0.2, 0.25) is 6.10 Å². The number of benzene rings is 1. The summed E-state index contributed by atoms with van der Waals surface area (Å²) in [6.45, 7) is 9.34. The molecule has 30 heavy (non-hydrogen) atoms. The summed E-state index contributed by atoms with van der Waals surface area (Å²) in [6.07, 6.45) is -1.98. The lowest BCUT2D eigenvalue weighted by molar-refractivity contribution is -0.175. The maximum Gasteiger partial charge on any atom is 0.312 e. The molecule has 0 bridgehead atoms. The SMILES string of the molecule is COc1cccc([C@@H](OC)[C@@H](OC(=O)C(C)(C)C)C(=O)N2C(=S)SC[C@@H]2C(C)C)c1. The minimum atomic E-state index is -1.17. The first-order valence-electron chi connectivity index (χ1n) is 9.89. The lowest BCUT2D eigenvalue weighted by Crippen LogP contribution is -2.50. The first-order valence-corrected chi connectivity index (χ1v) is 11.3. The zero-order valence-electron chi connectivity index (χ0n) is 18.6. The Kier molecular flexibility index (Phi) is 8.30. The van der Waals surface area contributed by atoms with Gasteiger partial charge in [-0.3, -0.25) is 14.5 Å². The van der Waals surface area contributed by atoms with Crippen LogP contribution >= 0.6 is 24.0 Å². The van der Waals surface area contributed by atoms with Gasteiger partial charge in [0.15, 0.2) is 0 Å². The highest BCUT2D eigenvalue weighted by Gasteiger charge is 2.44. The van der Waals surface area contributed by atoms with Crippen LogP contribution in [0.1, 0.15) is 46.3 Å². The van der Waals surface area contributed by atoms with Crippen LogP contribution < -0.4 is 4.74 Å². The van der Waals surface area contributed by atoms with Gasteiger partial charge in [0.25, 0.3) is 5.91 Å². The summed E-state index contributed by atoms with van der Waals surface area (Å²) in [7, 11) is 3.06. The molecule has 0 saturated carbocycles. The number of nitrogens with zero attached hydrogens (tertiary/aromatic N) is 1. The van der Waals surface area contributed by atoms with E-state index in [0.29, 0.717) is 15.6 Å². The van der Waals surface area contributed by atoms with Gasteiger partial charge < -0.3 is 14.2 Å². The van der Waals surface area contributed by atoms with Gasteiger partial charge in [0, 0.05) is 12.9 Å². The van der Waals surface area contributed by atoms with Crippen molar-refractivity contribution >= 4 is 40.2 Å². The molecule has 2 rings (SSSR count). The Morgan fingerprint density at radius 1 is 1.23 bits per heavy atom. The Morgan fingerprint density at radius 2 is 1.90 bits per heavy atom. The number of amides is 1. The van der Waals surface area contributed by atoms with Crippen LogP contribution in [0, 0.1) is 11.3 Å². The second-order valence-electron chi connectivity index (χ2n) is 8.61. The smallest absolute Gasteiger partial charge is 0.312 e. The highest BCUT2D eigenvalue weighted by Crippen LogP contribution is 2.34. The maximum atomic E-state index is 13.7. The van der Waals surface area contributed by atoms with E-state index in [1.165, 1.54) is 18.9 Å². The van der Waals surface area contributed by atoms with E-state index in [1.54, 1.807) is 51.0 Å². The summed E-state index contributed by atoms with van der Waals surface area (Å²) in [5.41, 5.74) is -0.0982. The molecule has 1 fully saturated rings. The molecule has 166 valence electrons. The van der Waals surface area contributed by atoms with Crippen LogP contribution in [0.3, 0.4) is 0 Å². The highest BCUT2D eigenvalue weighted by atomic mass is 32.2. The summed E-state index contributed by atoms with van der Waals surface area (Å²) < 4.78 is 17.3. The second kappa shape index (κ2) is 10.1. The van der Waals surface area contributed by atoms with Crippen LogP contribution in [-0.2, 0) is 19.1 Å². The van der Waals surface area contributed by atoms with Crippen LogP contribution in [0.4, 0.5) is 0 Å². The molecule has 1 aliphatic rings. The number of carbonyl (C=O) groups excluding carboxylic acids is 2. The fraction of sp³-hybridized carbons (Fsp3) is 0.591. The number of ether oxygens (including phenoxy) is 3. The number of methoxy groups -OCH3 is 2. The van der Waals surface area contributed by atoms with Crippen molar-refractivity contribution in [3.05, 3.63) is 29.8 Å². The number of esters is 1. The third-order valence-corrected chi connectivity index (χ3v) is 6.46. The molecule has 0 spiro atoms. The standard InChI is InChI=1S/C22H31NO5S2/c1-13(2)16-12-30-21(29)23(16)19(24)18(28-20(25)22(3,4)5)17(27-7)14-9-8-10-15(11-14)26-6/h8-11,13,16-18H,12H2,1-7H3/t16-,17-,18-/m1/s1. The van der Waals surface area contributed by atoms with E-state index in [4.69, 9.17) is 26.4 Å². The molecule has 0 N–H and O–H groups in total. The average molecular weight is 454 g/mol.